The summed E-state index contributed by atoms with van der Waals surface area (Å²) in [5, 5.41) is 0. The van der Waals surface area contributed by atoms with Gasteiger partial charge < -0.3 is 4.74 Å². The number of ether oxygens (including phenoxy) is 1. The Morgan fingerprint density at radius 3 is 2.56 bits per heavy atom. The monoisotopic (exact) mass is 224 g/mol. The summed E-state index contributed by atoms with van der Waals surface area (Å²) in [6.45, 7) is 7.23. The molecule has 0 spiro atoms. The van der Waals surface area contributed by atoms with Gasteiger partial charge in [-0.3, -0.25) is 4.79 Å². The quantitative estimate of drug-likeness (QED) is 0.722. The first-order chi connectivity index (χ1) is 7.28. The lowest BCUT2D eigenvalue weighted by atomic mass is 10.1. The first-order valence-electron chi connectivity index (χ1n) is 5.25. The zero-order valence-corrected chi connectivity index (χ0v) is 10.1. The van der Waals surface area contributed by atoms with Crippen LogP contribution in [0.15, 0.2) is 18.2 Å². The van der Waals surface area contributed by atoms with Crippen LogP contribution in [0.3, 0.4) is 0 Å². The molecule has 1 rings (SSSR count). The number of esters is 1. The lowest BCUT2D eigenvalue weighted by molar-refractivity contribution is -0.153. The molecule has 0 atom stereocenters. The van der Waals surface area contributed by atoms with Crippen molar-refractivity contribution in [2.24, 2.45) is 0 Å². The molecule has 0 bridgehead atoms. The minimum Gasteiger partial charge on any atom is -0.460 e. The number of carbonyl (C=O) groups excluding carboxylic acids is 1. The minimum absolute atomic E-state index is 0.0230. The highest BCUT2D eigenvalue weighted by Crippen LogP contribution is 2.14. The molecule has 16 heavy (non-hydrogen) atoms. The first-order valence-corrected chi connectivity index (χ1v) is 5.25. The van der Waals surface area contributed by atoms with E-state index in [0.717, 1.165) is 5.56 Å². The Labute approximate surface area is 95.4 Å². The molecule has 1 aromatic rings. The van der Waals surface area contributed by atoms with Crippen molar-refractivity contribution in [2.45, 2.75) is 39.7 Å². The summed E-state index contributed by atoms with van der Waals surface area (Å²) in [5.74, 6) is -0.770. The summed E-state index contributed by atoms with van der Waals surface area (Å²) < 4.78 is 18.5. The molecule has 0 unspecified atom stereocenters. The number of hydrogen-bond donors (Lipinski definition) is 0. The van der Waals surface area contributed by atoms with E-state index in [0.29, 0.717) is 5.56 Å². The number of aryl methyl sites for hydroxylation is 1. The third-order valence-electron chi connectivity index (χ3n) is 1.96. The van der Waals surface area contributed by atoms with Gasteiger partial charge in [-0.25, -0.2) is 4.39 Å². The van der Waals surface area contributed by atoms with Crippen LogP contribution in [0.5, 0.6) is 0 Å². The van der Waals surface area contributed by atoms with Gasteiger partial charge in [-0.05, 0) is 39.3 Å². The van der Waals surface area contributed by atoms with Crippen molar-refractivity contribution >= 4 is 5.97 Å². The second-order valence-electron chi connectivity index (χ2n) is 4.86. The Bertz CT molecular complexity index is 391. The highest BCUT2D eigenvalue weighted by molar-refractivity contribution is 5.73. The Morgan fingerprint density at radius 2 is 2.00 bits per heavy atom. The molecule has 0 aliphatic carbocycles. The first kappa shape index (κ1) is 12.7. The maximum atomic E-state index is 13.4. The van der Waals surface area contributed by atoms with Crippen molar-refractivity contribution in [1.82, 2.24) is 0 Å². The van der Waals surface area contributed by atoms with E-state index in [4.69, 9.17) is 4.74 Å². The molecule has 0 aliphatic heterocycles. The Hall–Kier alpha value is -1.38. The van der Waals surface area contributed by atoms with Gasteiger partial charge in [0.15, 0.2) is 0 Å². The van der Waals surface area contributed by atoms with Crippen LogP contribution in [-0.4, -0.2) is 11.6 Å². The maximum Gasteiger partial charge on any atom is 0.310 e. The van der Waals surface area contributed by atoms with Gasteiger partial charge in [0.25, 0.3) is 0 Å². The fraction of sp³-hybridized carbons (Fsp3) is 0.462. The van der Waals surface area contributed by atoms with Gasteiger partial charge in [-0.1, -0.05) is 17.7 Å². The fourth-order valence-corrected chi connectivity index (χ4v) is 1.37. The molecule has 0 aromatic heterocycles. The predicted molar refractivity (Wildman–Crippen MR) is 60.7 cm³/mol. The molecule has 0 heterocycles. The summed E-state index contributed by atoms with van der Waals surface area (Å²) in [6, 6.07) is 4.71. The lowest BCUT2D eigenvalue weighted by Gasteiger charge is -2.19. The van der Waals surface area contributed by atoms with Crippen LogP contribution in [0.1, 0.15) is 31.9 Å². The zero-order chi connectivity index (χ0) is 12.3. The van der Waals surface area contributed by atoms with E-state index in [2.05, 4.69) is 0 Å². The van der Waals surface area contributed by atoms with Crippen molar-refractivity contribution in [3.05, 3.63) is 35.1 Å². The summed E-state index contributed by atoms with van der Waals surface area (Å²) in [6.07, 6.45) is -0.0230. The molecule has 3 heteroatoms. The molecule has 88 valence electrons. The molecule has 1 aromatic carbocycles. The lowest BCUT2D eigenvalue weighted by Crippen LogP contribution is -2.25. The topological polar surface area (TPSA) is 26.3 Å². The third-order valence-corrected chi connectivity index (χ3v) is 1.96. The molecule has 2 nitrogen and oxygen atoms in total. The van der Waals surface area contributed by atoms with Crippen molar-refractivity contribution in [3.8, 4) is 0 Å². The molecule has 0 aliphatic rings. The van der Waals surface area contributed by atoms with Crippen LogP contribution in [0, 0.1) is 12.7 Å². The number of halogens is 1. The van der Waals surface area contributed by atoms with E-state index >= 15 is 0 Å². The van der Waals surface area contributed by atoms with E-state index in [1.807, 2.05) is 6.92 Å². The van der Waals surface area contributed by atoms with Crippen LogP contribution in [0.25, 0.3) is 0 Å². The van der Waals surface area contributed by atoms with E-state index < -0.39 is 11.6 Å². The Kier molecular flexibility index (Phi) is 3.68. The zero-order valence-electron chi connectivity index (χ0n) is 10.1. The summed E-state index contributed by atoms with van der Waals surface area (Å²) in [7, 11) is 0. The van der Waals surface area contributed by atoms with Gasteiger partial charge >= 0.3 is 5.97 Å². The summed E-state index contributed by atoms with van der Waals surface area (Å²) >= 11 is 0. The average molecular weight is 224 g/mol. The van der Waals surface area contributed by atoms with Crippen LogP contribution < -0.4 is 0 Å². The number of hydrogen-bond acceptors (Lipinski definition) is 2. The predicted octanol–water partition coefficient (Wildman–Crippen LogP) is 3.02. The van der Waals surface area contributed by atoms with E-state index in [9.17, 15) is 9.18 Å². The molecular weight excluding hydrogens is 207 g/mol. The standard InChI is InChI=1S/C13H17FO2/c1-9-5-6-11(14)10(7-9)8-12(15)16-13(2,3)4/h5-7H,8H2,1-4H3. The van der Waals surface area contributed by atoms with Crippen molar-refractivity contribution in [3.63, 3.8) is 0 Å². The largest absolute Gasteiger partial charge is 0.460 e. The van der Waals surface area contributed by atoms with E-state index in [1.165, 1.54) is 6.07 Å². The van der Waals surface area contributed by atoms with Crippen LogP contribution in [-0.2, 0) is 16.0 Å². The minimum atomic E-state index is -0.530. The number of carbonyl (C=O) groups is 1. The van der Waals surface area contributed by atoms with E-state index in [1.54, 1.807) is 32.9 Å². The SMILES string of the molecule is Cc1ccc(F)c(CC(=O)OC(C)(C)C)c1. The van der Waals surface area contributed by atoms with Crippen molar-refractivity contribution in [2.75, 3.05) is 0 Å². The molecule has 0 amide bonds. The number of benzene rings is 1. The normalized spacial score (nSPS) is 11.3. The van der Waals surface area contributed by atoms with Crippen molar-refractivity contribution in [1.29, 1.82) is 0 Å². The molecule has 0 radical (unpaired) electrons. The summed E-state index contributed by atoms with van der Waals surface area (Å²) in [5.41, 5.74) is 0.784. The average Bonchev–Trinajstić information content (AvgIpc) is 2.08. The third kappa shape index (κ3) is 4.01. The van der Waals surface area contributed by atoms with Crippen molar-refractivity contribution < 1.29 is 13.9 Å². The summed E-state index contributed by atoms with van der Waals surface area (Å²) in [4.78, 5) is 11.5. The molecule has 0 N–H and O–H groups in total. The molecular formula is C13H17FO2. The van der Waals surface area contributed by atoms with Crippen LogP contribution in [0.2, 0.25) is 0 Å². The van der Waals surface area contributed by atoms with Crippen LogP contribution >= 0.6 is 0 Å². The molecule has 0 fully saturated rings. The van der Waals surface area contributed by atoms with Crippen LogP contribution in [0.4, 0.5) is 4.39 Å². The Morgan fingerprint density at radius 1 is 1.38 bits per heavy atom. The maximum absolute atomic E-state index is 13.4. The van der Waals surface area contributed by atoms with Gasteiger partial charge in [-0.15, -0.1) is 0 Å². The van der Waals surface area contributed by atoms with E-state index in [-0.39, 0.29) is 12.2 Å². The molecule has 0 saturated heterocycles. The van der Waals surface area contributed by atoms with Gasteiger partial charge in [0.05, 0.1) is 6.42 Å². The number of rotatable bonds is 2. The highest BCUT2D eigenvalue weighted by Gasteiger charge is 2.17. The second kappa shape index (κ2) is 4.64. The van der Waals surface area contributed by atoms with Gasteiger partial charge in [0, 0.05) is 0 Å². The fourth-order valence-electron chi connectivity index (χ4n) is 1.37. The highest BCUT2D eigenvalue weighted by atomic mass is 19.1. The molecule has 0 saturated carbocycles. The Balaban J connectivity index is 2.73. The van der Waals surface area contributed by atoms with Gasteiger partial charge in [-0.2, -0.15) is 0 Å². The van der Waals surface area contributed by atoms with Gasteiger partial charge in [0.1, 0.15) is 11.4 Å². The smallest absolute Gasteiger partial charge is 0.310 e. The van der Waals surface area contributed by atoms with Gasteiger partial charge in [0.2, 0.25) is 0 Å². The second-order valence-corrected chi connectivity index (χ2v) is 4.86.